The van der Waals surface area contributed by atoms with Crippen LogP contribution in [0.15, 0.2) is 97.1 Å². The molecule has 0 saturated heterocycles. The molecule has 0 heterocycles. The molecule has 0 spiro atoms. The molecule has 0 saturated carbocycles. The van der Waals surface area contributed by atoms with E-state index in [1.54, 1.807) is 0 Å². The van der Waals surface area contributed by atoms with Gasteiger partial charge in [-0.25, -0.2) is 4.39 Å². The Labute approximate surface area is 159 Å². The predicted molar refractivity (Wildman–Crippen MR) is 109 cm³/mol. The summed E-state index contributed by atoms with van der Waals surface area (Å²) in [5, 5.41) is 0. The van der Waals surface area contributed by atoms with E-state index in [2.05, 4.69) is 60.7 Å². The monoisotopic (exact) mass is 346 g/mol. The van der Waals surface area contributed by atoms with Crippen molar-refractivity contribution in [3.8, 4) is 11.1 Å². The summed E-state index contributed by atoms with van der Waals surface area (Å²) in [5.41, 5.74) is 7.27. The Morgan fingerprint density at radius 3 is 1.52 bits per heavy atom. The SMILES string of the molecule is [B]c1ccc(C2(c3ccc(F)cc3)c3ccccc3-c3ccccc32)cc1. The van der Waals surface area contributed by atoms with E-state index < -0.39 is 5.41 Å². The third-order valence-corrected chi connectivity index (χ3v) is 5.57. The lowest BCUT2D eigenvalue weighted by molar-refractivity contribution is 0.625. The van der Waals surface area contributed by atoms with E-state index in [1.165, 1.54) is 34.4 Å². The lowest BCUT2D eigenvalue weighted by Crippen LogP contribution is -2.29. The fourth-order valence-corrected chi connectivity index (χ4v) is 4.46. The Morgan fingerprint density at radius 2 is 1.00 bits per heavy atom. The maximum absolute atomic E-state index is 13.7. The van der Waals surface area contributed by atoms with Crippen molar-refractivity contribution in [2.24, 2.45) is 0 Å². The van der Waals surface area contributed by atoms with Crippen LogP contribution in [0, 0.1) is 5.82 Å². The second kappa shape index (κ2) is 5.95. The van der Waals surface area contributed by atoms with Crippen molar-refractivity contribution in [2.75, 3.05) is 0 Å². The van der Waals surface area contributed by atoms with Crippen molar-refractivity contribution >= 4 is 13.3 Å². The number of rotatable bonds is 2. The van der Waals surface area contributed by atoms with Gasteiger partial charge in [0.1, 0.15) is 13.7 Å². The number of hydrogen-bond donors (Lipinski definition) is 0. The zero-order valence-electron chi connectivity index (χ0n) is 14.7. The minimum absolute atomic E-state index is 0.231. The molecule has 0 unspecified atom stereocenters. The van der Waals surface area contributed by atoms with Crippen molar-refractivity contribution < 1.29 is 4.39 Å². The summed E-state index contributed by atoms with van der Waals surface area (Å²) in [6, 6.07) is 31.9. The molecule has 27 heavy (non-hydrogen) atoms. The fraction of sp³-hybridized carbons (Fsp3) is 0.0400. The van der Waals surface area contributed by atoms with Crippen LogP contribution in [0.25, 0.3) is 11.1 Å². The molecule has 126 valence electrons. The molecule has 0 N–H and O–H groups in total. The summed E-state index contributed by atoms with van der Waals surface area (Å²) in [6.45, 7) is 0. The maximum Gasteiger partial charge on any atom is 0.123 e. The largest absolute Gasteiger partial charge is 0.207 e. The first-order valence-corrected chi connectivity index (χ1v) is 9.03. The average molecular weight is 346 g/mol. The zero-order valence-corrected chi connectivity index (χ0v) is 14.7. The lowest BCUT2D eigenvalue weighted by Gasteiger charge is -2.34. The van der Waals surface area contributed by atoms with Crippen molar-refractivity contribution in [1.29, 1.82) is 0 Å². The molecular formula is C25H16BF. The van der Waals surface area contributed by atoms with Crippen LogP contribution in [0.5, 0.6) is 0 Å². The Morgan fingerprint density at radius 1 is 0.556 bits per heavy atom. The van der Waals surface area contributed by atoms with Crippen LogP contribution in [-0.4, -0.2) is 7.85 Å². The summed E-state index contributed by atoms with van der Waals surface area (Å²) >= 11 is 0. The van der Waals surface area contributed by atoms with E-state index in [1.807, 2.05) is 24.3 Å². The highest BCUT2D eigenvalue weighted by molar-refractivity contribution is 6.32. The van der Waals surface area contributed by atoms with E-state index in [0.717, 1.165) is 16.6 Å². The van der Waals surface area contributed by atoms with Crippen molar-refractivity contribution in [1.82, 2.24) is 0 Å². The molecule has 0 aromatic heterocycles. The van der Waals surface area contributed by atoms with Crippen LogP contribution in [0.2, 0.25) is 0 Å². The molecular weight excluding hydrogens is 330 g/mol. The van der Waals surface area contributed by atoms with Crippen LogP contribution >= 0.6 is 0 Å². The van der Waals surface area contributed by atoms with E-state index in [0.29, 0.717) is 0 Å². The molecule has 0 bridgehead atoms. The van der Waals surface area contributed by atoms with Gasteiger partial charge >= 0.3 is 0 Å². The Bertz CT molecular complexity index is 1030. The van der Waals surface area contributed by atoms with Crippen molar-refractivity contribution in [3.05, 3.63) is 125 Å². The molecule has 0 fully saturated rings. The van der Waals surface area contributed by atoms with Gasteiger partial charge in [0.2, 0.25) is 0 Å². The standard InChI is InChI=1S/C25H16BF/c26-19-13-9-17(10-14-19)25(18-11-15-20(27)16-12-18)23-7-3-1-5-21(23)22-6-2-4-8-24(22)25/h1-16H. The van der Waals surface area contributed by atoms with E-state index in [-0.39, 0.29) is 5.82 Å². The Kier molecular flexibility index (Phi) is 3.55. The topological polar surface area (TPSA) is 0 Å². The summed E-state index contributed by atoms with van der Waals surface area (Å²) < 4.78 is 13.7. The van der Waals surface area contributed by atoms with Gasteiger partial charge in [-0.1, -0.05) is 90.4 Å². The third kappa shape index (κ3) is 2.23. The average Bonchev–Trinajstić information content (AvgIpc) is 3.01. The normalized spacial score (nSPS) is 13.8. The van der Waals surface area contributed by atoms with Gasteiger partial charge in [-0.3, -0.25) is 0 Å². The number of benzene rings is 4. The minimum Gasteiger partial charge on any atom is -0.207 e. The first-order chi connectivity index (χ1) is 13.2. The predicted octanol–water partition coefficient (Wildman–Crippen LogP) is 4.98. The molecule has 2 radical (unpaired) electrons. The van der Waals surface area contributed by atoms with Crippen LogP contribution in [0.1, 0.15) is 22.3 Å². The van der Waals surface area contributed by atoms with Gasteiger partial charge in [0, 0.05) is 0 Å². The fourth-order valence-electron chi connectivity index (χ4n) is 4.46. The smallest absolute Gasteiger partial charge is 0.123 e. The van der Waals surface area contributed by atoms with Crippen molar-refractivity contribution in [2.45, 2.75) is 5.41 Å². The molecule has 0 nitrogen and oxygen atoms in total. The Balaban J connectivity index is 1.94. The minimum atomic E-state index is -0.491. The highest BCUT2D eigenvalue weighted by atomic mass is 19.1. The maximum atomic E-state index is 13.7. The number of halogens is 1. The van der Waals surface area contributed by atoms with Crippen LogP contribution in [0.3, 0.4) is 0 Å². The van der Waals surface area contributed by atoms with Crippen LogP contribution in [-0.2, 0) is 5.41 Å². The second-order valence-corrected chi connectivity index (χ2v) is 6.97. The first-order valence-electron chi connectivity index (χ1n) is 9.03. The van der Waals surface area contributed by atoms with E-state index >= 15 is 0 Å². The van der Waals surface area contributed by atoms with Gasteiger partial charge < -0.3 is 0 Å². The highest BCUT2D eigenvalue weighted by Crippen LogP contribution is 2.55. The van der Waals surface area contributed by atoms with E-state index in [9.17, 15) is 4.39 Å². The Hall–Kier alpha value is -3.13. The molecule has 1 aliphatic carbocycles. The van der Waals surface area contributed by atoms with Gasteiger partial charge in [0.25, 0.3) is 0 Å². The molecule has 0 aliphatic heterocycles. The molecule has 1 aliphatic rings. The summed E-state index contributed by atoms with van der Waals surface area (Å²) in [4.78, 5) is 0. The van der Waals surface area contributed by atoms with Crippen LogP contribution < -0.4 is 5.46 Å². The molecule has 4 aromatic rings. The van der Waals surface area contributed by atoms with Crippen LogP contribution in [0.4, 0.5) is 4.39 Å². The highest BCUT2D eigenvalue weighted by Gasteiger charge is 2.45. The molecule has 0 atom stereocenters. The molecule has 0 amide bonds. The van der Waals surface area contributed by atoms with Crippen molar-refractivity contribution in [3.63, 3.8) is 0 Å². The van der Waals surface area contributed by atoms with Gasteiger partial charge in [-0.05, 0) is 45.5 Å². The molecule has 4 aromatic carbocycles. The summed E-state index contributed by atoms with van der Waals surface area (Å²) in [6.07, 6.45) is 0. The quantitative estimate of drug-likeness (QED) is 0.396. The van der Waals surface area contributed by atoms with Gasteiger partial charge in [0.15, 0.2) is 0 Å². The van der Waals surface area contributed by atoms with Gasteiger partial charge in [0.05, 0.1) is 5.41 Å². The van der Waals surface area contributed by atoms with E-state index in [4.69, 9.17) is 7.85 Å². The summed E-state index contributed by atoms with van der Waals surface area (Å²) in [7, 11) is 5.97. The van der Waals surface area contributed by atoms with Gasteiger partial charge in [-0.2, -0.15) is 0 Å². The number of hydrogen-bond acceptors (Lipinski definition) is 0. The summed E-state index contributed by atoms with van der Waals surface area (Å²) in [5.74, 6) is -0.231. The second-order valence-electron chi connectivity index (χ2n) is 6.97. The molecule has 2 heteroatoms. The molecule has 5 rings (SSSR count). The lowest BCUT2D eigenvalue weighted by atomic mass is 9.67. The third-order valence-electron chi connectivity index (χ3n) is 5.57. The number of fused-ring (bicyclic) bond motifs is 3. The zero-order chi connectivity index (χ0) is 18.4. The van der Waals surface area contributed by atoms with Gasteiger partial charge in [-0.15, -0.1) is 0 Å². The first kappa shape index (κ1) is 16.1.